The molecule has 0 spiro atoms. The van der Waals surface area contributed by atoms with Crippen LogP contribution in [-0.2, 0) is 20.7 Å². The van der Waals surface area contributed by atoms with E-state index in [0.717, 1.165) is 21.5 Å². The van der Waals surface area contributed by atoms with E-state index in [0.29, 0.717) is 11.0 Å². The van der Waals surface area contributed by atoms with E-state index in [9.17, 15) is 22.9 Å². The summed E-state index contributed by atoms with van der Waals surface area (Å²) in [5.74, 6) is -0.113. The van der Waals surface area contributed by atoms with Crippen molar-refractivity contribution in [2.45, 2.75) is 56.8 Å². The third kappa shape index (κ3) is 5.43. The molecule has 2 atom stereocenters. The topological polar surface area (TPSA) is 113 Å². The molecule has 37 heavy (non-hydrogen) atoms. The van der Waals surface area contributed by atoms with Gasteiger partial charge in [-0.25, -0.2) is 8.96 Å². The molecule has 1 aliphatic carbocycles. The number of benzene rings is 2. The monoisotopic (exact) mass is 543 g/mol. The molecule has 4 rings (SSSR count). The smallest absolute Gasteiger partial charge is 0.364 e. The van der Waals surface area contributed by atoms with Crippen LogP contribution in [0.25, 0.3) is 0 Å². The first-order chi connectivity index (χ1) is 17.1. The molecule has 1 amide bonds. The Kier molecular flexibility index (Phi) is 7.91. The first kappa shape index (κ1) is 28.8. The van der Waals surface area contributed by atoms with E-state index in [1.165, 1.54) is 11.1 Å². The number of hydrogen-bond donors (Lipinski definition) is 2. The summed E-state index contributed by atoms with van der Waals surface area (Å²) < 4.78 is 36.5. The molecular weight excluding hydrogens is 506 g/mol. The van der Waals surface area contributed by atoms with Gasteiger partial charge in [0.2, 0.25) is 6.41 Å². The largest absolute Gasteiger partial charge is 0.379 e. The number of carbonyl (C=O) groups is 1. The van der Waals surface area contributed by atoms with Gasteiger partial charge in [0.05, 0.1) is 11.9 Å². The van der Waals surface area contributed by atoms with E-state index in [4.69, 9.17) is 0 Å². The summed E-state index contributed by atoms with van der Waals surface area (Å²) in [5, 5.41) is 11.8. The third-order valence-electron chi connectivity index (χ3n) is 7.50. The summed E-state index contributed by atoms with van der Waals surface area (Å²) in [7, 11) is -3.79. The molecule has 0 saturated heterocycles. The van der Waals surface area contributed by atoms with Crippen molar-refractivity contribution in [1.82, 2.24) is 13.9 Å². The van der Waals surface area contributed by atoms with Crippen molar-refractivity contribution in [3.8, 4) is 0 Å². The van der Waals surface area contributed by atoms with Crippen molar-refractivity contribution in [2.24, 2.45) is 0 Å². The first-order valence-electron chi connectivity index (χ1n) is 12.1. The van der Waals surface area contributed by atoms with Crippen molar-refractivity contribution in [3.05, 3.63) is 83.2 Å². The van der Waals surface area contributed by atoms with Crippen LogP contribution in [-0.4, -0.2) is 60.5 Å². The fraction of sp³-hybridized carbons (Fsp3) is 0.407. The standard InChI is InChI=1S/C24H30N2O4SSi.C3H7NO/c1-23(2,3)32(4,5)22-25-16-21(26(22)31(28,29)30)24(27)15-19(17-11-7-6-8-12-17)18-13-9-10-14-20(18)24;1-4(2)3-5/h6-14,16,19,27H,15H2,1-5H3,(H,28,29,30);3H,1-2H3. The number of carbonyl (C=O) groups excluding carboxylic acids is 1. The minimum atomic E-state index is -4.70. The Hall–Kier alpha value is -2.79. The van der Waals surface area contributed by atoms with Crippen LogP contribution < -0.4 is 5.45 Å². The lowest BCUT2D eigenvalue weighted by atomic mass is 9.90. The molecule has 3 aromatic rings. The lowest BCUT2D eigenvalue weighted by Gasteiger charge is -2.36. The number of rotatable bonds is 5. The lowest BCUT2D eigenvalue weighted by molar-refractivity contribution is -0.115. The van der Waals surface area contributed by atoms with Crippen molar-refractivity contribution in [3.63, 3.8) is 0 Å². The van der Waals surface area contributed by atoms with Crippen LogP contribution in [0.5, 0.6) is 0 Å². The van der Waals surface area contributed by atoms with Crippen LogP contribution in [0, 0.1) is 0 Å². The summed E-state index contributed by atoms with van der Waals surface area (Å²) in [6.45, 7) is 10.2. The average Bonchev–Trinajstić information content (AvgIpc) is 3.41. The van der Waals surface area contributed by atoms with Gasteiger partial charge in [-0.2, -0.15) is 8.42 Å². The second-order valence-electron chi connectivity index (χ2n) is 11.3. The molecule has 2 aromatic carbocycles. The summed E-state index contributed by atoms with van der Waals surface area (Å²) in [5.41, 5.74) is 1.43. The van der Waals surface area contributed by atoms with E-state index in [2.05, 4.69) is 4.98 Å². The summed E-state index contributed by atoms with van der Waals surface area (Å²) >= 11 is 0. The number of aromatic nitrogens is 2. The zero-order valence-electron chi connectivity index (χ0n) is 22.5. The van der Waals surface area contributed by atoms with E-state index in [-0.39, 0.29) is 23.1 Å². The van der Waals surface area contributed by atoms with Crippen molar-refractivity contribution in [1.29, 1.82) is 0 Å². The van der Waals surface area contributed by atoms with Crippen LogP contribution in [0.1, 0.15) is 55.5 Å². The summed E-state index contributed by atoms with van der Waals surface area (Å²) in [6, 6.07) is 17.4. The fourth-order valence-electron chi connectivity index (χ4n) is 4.52. The highest BCUT2D eigenvalue weighted by atomic mass is 32.2. The fourth-order valence-corrected chi connectivity index (χ4v) is 7.95. The van der Waals surface area contributed by atoms with Crippen molar-refractivity contribution >= 4 is 30.2 Å². The highest BCUT2D eigenvalue weighted by Crippen LogP contribution is 2.51. The van der Waals surface area contributed by atoms with Crippen LogP contribution in [0.2, 0.25) is 18.1 Å². The Morgan fingerprint density at radius 3 is 2.14 bits per heavy atom. The van der Waals surface area contributed by atoms with Gasteiger partial charge >= 0.3 is 10.3 Å². The molecule has 2 N–H and O–H groups in total. The molecule has 1 heterocycles. The third-order valence-corrected chi connectivity index (χ3v) is 13.7. The zero-order valence-corrected chi connectivity index (χ0v) is 24.3. The average molecular weight is 544 g/mol. The van der Waals surface area contributed by atoms with Gasteiger partial charge in [-0.3, -0.25) is 9.35 Å². The number of amides is 1. The minimum Gasteiger partial charge on any atom is -0.379 e. The van der Waals surface area contributed by atoms with E-state index in [1.807, 2.05) is 88.5 Å². The van der Waals surface area contributed by atoms with Crippen molar-refractivity contribution < 1.29 is 22.9 Å². The highest BCUT2D eigenvalue weighted by Gasteiger charge is 2.50. The van der Waals surface area contributed by atoms with E-state index >= 15 is 0 Å². The quantitative estimate of drug-likeness (QED) is 0.288. The zero-order chi connectivity index (χ0) is 27.8. The molecule has 1 aromatic heterocycles. The maximum Gasteiger partial charge on any atom is 0.364 e. The molecule has 2 unspecified atom stereocenters. The number of aliphatic hydroxyl groups is 1. The minimum absolute atomic E-state index is 0.0886. The number of hydrogen-bond acceptors (Lipinski definition) is 5. The molecule has 8 nitrogen and oxygen atoms in total. The molecule has 0 fully saturated rings. The number of fused-ring (bicyclic) bond motifs is 1. The maximum atomic E-state index is 12.7. The Morgan fingerprint density at radius 1 is 1.08 bits per heavy atom. The molecule has 0 saturated carbocycles. The molecule has 0 bridgehead atoms. The van der Waals surface area contributed by atoms with Crippen LogP contribution in [0.4, 0.5) is 0 Å². The summed E-state index contributed by atoms with van der Waals surface area (Å²) in [6.07, 6.45) is 2.43. The van der Waals surface area contributed by atoms with E-state index < -0.39 is 24.0 Å². The second kappa shape index (κ2) is 10.2. The van der Waals surface area contributed by atoms with Gasteiger partial charge < -0.3 is 10.0 Å². The molecule has 0 aliphatic heterocycles. The molecule has 0 radical (unpaired) electrons. The van der Waals surface area contributed by atoms with Crippen LogP contribution in [0.15, 0.2) is 60.8 Å². The highest BCUT2D eigenvalue weighted by molar-refractivity contribution is 7.84. The SMILES string of the molecule is CC(C)(C)[Si](C)(C)c1ncc(C2(O)CC(c3ccccc3)c3ccccc32)n1S(=O)(=O)O.CN(C)C=O. The van der Waals surface area contributed by atoms with Gasteiger partial charge in [-0.1, -0.05) is 88.5 Å². The van der Waals surface area contributed by atoms with Gasteiger partial charge in [-0.05, 0) is 28.1 Å². The van der Waals surface area contributed by atoms with Gasteiger partial charge in [-0.15, -0.1) is 0 Å². The normalized spacial score (nSPS) is 19.5. The second-order valence-corrected chi connectivity index (χ2v) is 17.7. The summed E-state index contributed by atoms with van der Waals surface area (Å²) in [4.78, 5) is 15.4. The number of nitrogens with zero attached hydrogens (tertiary/aromatic N) is 3. The first-order valence-corrected chi connectivity index (χ1v) is 16.5. The van der Waals surface area contributed by atoms with Gasteiger partial charge in [0.15, 0.2) is 0 Å². The molecule has 200 valence electrons. The Bertz CT molecular complexity index is 1360. The molecular formula is C27H37N3O5SSi. The lowest BCUT2D eigenvalue weighted by Crippen LogP contribution is -2.55. The predicted octanol–water partition coefficient (Wildman–Crippen LogP) is 3.73. The van der Waals surface area contributed by atoms with Crippen molar-refractivity contribution in [2.75, 3.05) is 14.1 Å². The van der Waals surface area contributed by atoms with Gasteiger partial charge in [0, 0.05) is 20.0 Å². The number of imidazole rings is 1. The molecule has 1 aliphatic rings. The Balaban J connectivity index is 0.000000695. The van der Waals surface area contributed by atoms with Gasteiger partial charge in [0.25, 0.3) is 0 Å². The van der Waals surface area contributed by atoms with Crippen LogP contribution >= 0.6 is 0 Å². The van der Waals surface area contributed by atoms with Crippen LogP contribution in [0.3, 0.4) is 0 Å². The molecule has 10 heteroatoms. The Labute approximate surface area is 220 Å². The predicted molar refractivity (Wildman–Crippen MR) is 148 cm³/mol. The van der Waals surface area contributed by atoms with Gasteiger partial charge in [0.1, 0.15) is 19.1 Å². The Morgan fingerprint density at radius 2 is 1.62 bits per heavy atom. The maximum absolute atomic E-state index is 12.7. The van der Waals surface area contributed by atoms with E-state index in [1.54, 1.807) is 14.1 Å².